The summed E-state index contributed by atoms with van der Waals surface area (Å²) >= 11 is 5.93. The number of anilines is 2. The topological polar surface area (TPSA) is 71.1 Å². The van der Waals surface area contributed by atoms with Crippen LogP contribution in [0.4, 0.5) is 11.5 Å². The van der Waals surface area contributed by atoms with Gasteiger partial charge in [-0.1, -0.05) is 23.7 Å². The van der Waals surface area contributed by atoms with E-state index in [-0.39, 0.29) is 10.7 Å². The number of nitrogens with zero attached hydrogens (tertiary/aromatic N) is 1. The van der Waals surface area contributed by atoms with Gasteiger partial charge in [-0.25, -0.2) is 13.4 Å². The molecule has 1 aromatic carbocycles. The molecule has 0 fully saturated rings. The molecule has 0 unspecified atom stereocenters. The van der Waals surface area contributed by atoms with Gasteiger partial charge >= 0.3 is 0 Å². The molecule has 0 radical (unpaired) electrons. The third-order valence-corrected chi connectivity index (χ3v) is 4.14. The van der Waals surface area contributed by atoms with Crippen molar-refractivity contribution in [2.75, 3.05) is 17.1 Å². The Balaban J connectivity index is 2.41. The van der Waals surface area contributed by atoms with E-state index in [1.165, 1.54) is 12.3 Å². The highest BCUT2D eigenvalue weighted by molar-refractivity contribution is 7.92. The minimum absolute atomic E-state index is 0.0671. The largest absolute Gasteiger partial charge is 0.372 e. The zero-order chi connectivity index (χ0) is 13.9. The van der Waals surface area contributed by atoms with Crippen LogP contribution in [0.3, 0.4) is 0 Å². The third-order valence-electron chi connectivity index (χ3n) is 2.42. The van der Waals surface area contributed by atoms with Crippen molar-refractivity contribution in [3.05, 3.63) is 47.6 Å². The fraction of sp³-hybridized carbons (Fsp3) is 0.0833. The van der Waals surface area contributed by atoms with Crippen molar-refractivity contribution < 1.29 is 8.42 Å². The zero-order valence-corrected chi connectivity index (χ0v) is 11.7. The van der Waals surface area contributed by atoms with E-state index in [0.29, 0.717) is 10.7 Å². The maximum absolute atomic E-state index is 12.3. The Hall–Kier alpha value is -1.79. The van der Waals surface area contributed by atoms with Gasteiger partial charge in [-0.3, -0.25) is 4.72 Å². The summed E-state index contributed by atoms with van der Waals surface area (Å²) in [6.45, 7) is 0. The maximum Gasteiger partial charge on any atom is 0.265 e. The average Bonchev–Trinajstić information content (AvgIpc) is 2.41. The highest BCUT2D eigenvalue weighted by Crippen LogP contribution is 2.25. The van der Waals surface area contributed by atoms with E-state index in [4.69, 9.17) is 11.6 Å². The lowest BCUT2D eigenvalue weighted by molar-refractivity contribution is 0.601. The van der Waals surface area contributed by atoms with Crippen LogP contribution >= 0.6 is 11.6 Å². The van der Waals surface area contributed by atoms with E-state index in [1.807, 2.05) is 0 Å². The molecule has 0 aliphatic heterocycles. The summed E-state index contributed by atoms with van der Waals surface area (Å²) in [5.74, 6) is 0.280. The smallest absolute Gasteiger partial charge is 0.265 e. The molecule has 7 heteroatoms. The predicted octanol–water partition coefficient (Wildman–Crippen LogP) is 2.58. The lowest BCUT2D eigenvalue weighted by atomic mass is 10.3. The van der Waals surface area contributed by atoms with E-state index in [1.54, 1.807) is 37.4 Å². The number of hydrogen-bond acceptors (Lipinski definition) is 4. The van der Waals surface area contributed by atoms with Gasteiger partial charge in [0.05, 0.1) is 10.7 Å². The molecule has 0 amide bonds. The molecular formula is C12H12ClN3O2S. The zero-order valence-electron chi connectivity index (χ0n) is 10.1. The highest BCUT2D eigenvalue weighted by atomic mass is 35.5. The van der Waals surface area contributed by atoms with Gasteiger partial charge in [0, 0.05) is 13.2 Å². The number of aromatic nitrogens is 1. The average molecular weight is 298 g/mol. The van der Waals surface area contributed by atoms with Gasteiger partial charge in [0.15, 0.2) is 0 Å². The highest BCUT2D eigenvalue weighted by Gasteiger charge is 2.19. The number of sulfonamides is 1. The Kier molecular flexibility index (Phi) is 3.92. The van der Waals surface area contributed by atoms with Crippen LogP contribution in [0.25, 0.3) is 0 Å². The van der Waals surface area contributed by atoms with Crippen molar-refractivity contribution in [3.8, 4) is 0 Å². The van der Waals surface area contributed by atoms with Crippen LogP contribution in [0, 0.1) is 0 Å². The predicted molar refractivity (Wildman–Crippen MR) is 76.0 cm³/mol. The Labute approximate surface area is 116 Å². The second-order valence-electron chi connectivity index (χ2n) is 3.69. The van der Waals surface area contributed by atoms with E-state index < -0.39 is 10.0 Å². The fourth-order valence-corrected chi connectivity index (χ4v) is 3.02. The Morgan fingerprint density at radius 3 is 2.58 bits per heavy atom. The first-order valence-corrected chi connectivity index (χ1v) is 7.31. The van der Waals surface area contributed by atoms with Gasteiger partial charge in [0.25, 0.3) is 10.0 Å². The number of nitrogens with one attached hydrogen (secondary N) is 2. The van der Waals surface area contributed by atoms with Crippen LogP contribution in [-0.4, -0.2) is 20.4 Å². The first-order valence-electron chi connectivity index (χ1n) is 5.45. The van der Waals surface area contributed by atoms with Gasteiger partial charge in [0.1, 0.15) is 10.7 Å². The molecule has 0 aliphatic rings. The molecule has 2 N–H and O–H groups in total. The van der Waals surface area contributed by atoms with Crippen LogP contribution in [0.2, 0.25) is 5.02 Å². The van der Waals surface area contributed by atoms with Crippen LogP contribution in [-0.2, 0) is 10.0 Å². The number of halogens is 1. The van der Waals surface area contributed by atoms with Crippen molar-refractivity contribution in [2.24, 2.45) is 0 Å². The monoisotopic (exact) mass is 297 g/mol. The van der Waals surface area contributed by atoms with Gasteiger partial charge < -0.3 is 5.32 Å². The van der Waals surface area contributed by atoms with Crippen molar-refractivity contribution >= 4 is 33.1 Å². The molecule has 0 atom stereocenters. The maximum atomic E-state index is 12.3. The quantitative estimate of drug-likeness (QED) is 0.910. The third kappa shape index (κ3) is 2.97. The molecule has 5 nitrogen and oxygen atoms in total. The molecule has 100 valence electrons. The van der Waals surface area contributed by atoms with Crippen LogP contribution < -0.4 is 10.0 Å². The van der Waals surface area contributed by atoms with Crippen LogP contribution in [0.1, 0.15) is 0 Å². The Morgan fingerprint density at radius 2 is 1.89 bits per heavy atom. The molecule has 2 rings (SSSR count). The molecule has 0 spiro atoms. The number of rotatable bonds is 4. The van der Waals surface area contributed by atoms with Gasteiger partial charge in [0.2, 0.25) is 0 Å². The number of hydrogen-bond donors (Lipinski definition) is 2. The van der Waals surface area contributed by atoms with Gasteiger partial charge in [-0.05, 0) is 24.3 Å². The molecule has 0 bridgehead atoms. The lowest BCUT2D eigenvalue weighted by Gasteiger charge is -2.11. The number of benzene rings is 1. The van der Waals surface area contributed by atoms with Crippen LogP contribution in [0.5, 0.6) is 0 Å². The summed E-state index contributed by atoms with van der Waals surface area (Å²) in [4.78, 5) is 4.03. The molecule has 1 heterocycles. The van der Waals surface area contributed by atoms with Gasteiger partial charge in [-0.15, -0.1) is 0 Å². The minimum atomic E-state index is -3.74. The fourth-order valence-electron chi connectivity index (χ4n) is 1.54. The summed E-state index contributed by atoms with van der Waals surface area (Å²) in [5.41, 5.74) is 0.329. The van der Waals surface area contributed by atoms with Crippen LogP contribution in [0.15, 0.2) is 47.5 Å². The molecule has 2 aromatic rings. The second-order valence-corrected chi connectivity index (χ2v) is 5.74. The molecule has 19 heavy (non-hydrogen) atoms. The van der Waals surface area contributed by atoms with Crippen molar-refractivity contribution in [1.82, 2.24) is 4.98 Å². The minimum Gasteiger partial charge on any atom is -0.372 e. The lowest BCUT2D eigenvalue weighted by Crippen LogP contribution is -2.15. The number of para-hydroxylation sites is 1. The van der Waals surface area contributed by atoms with E-state index in [0.717, 1.165) is 0 Å². The Bertz CT molecular complexity index is 689. The summed E-state index contributed by atoms with van der Waals surface area (Å²) < 4.78 is 27.0. The normalized spacial score (nSPS) is 11.1. The standard InChI is InChI=1S/C12H12ClN3O2S/c1-14-12-11(7-4-8-15-12)19(17,18)16-10-6-3-2-5-9(10)13/h2-8,16H,1H3,(H,14,15). The molecular weight excluding hydrogens is 286 g/mol. The molecule has 0 saturated carbocycles. The first kappa shape index (κ1) is 13.6. The van der Waals surface area contributed by atoms with Crippen molar-refractivity contribution in [3.63, 3.8) is 0 Å². The second kappa shape index (κ2) is 5.46. The summed E-state index contributed by atoms with van der Waals surface area (Å²) in [7, 11) is -2.13. The first-order chi connectivity index (χ1) is 9.04. The van der Waals surface area contributed by atoms with E-state index in [2.05, 4.69) is 15.0 Å². The van der Waals surface area contributed by atoms with Crippen molar-refractivity contribution in [1.29, 1.82) is 0 Å². The SMILES string of the molecule is CNc1ncccc1S(=O)(=O)Nc1ccccc1Cl. The van der Waals surface area contributed by atoms with E-state index in [9.17, 15) is 8.42 Å². The molecule has 1 aromatic heterocycles. The number of pyridine rings is 1. The van der Waals surface area contributed by atoms with E-state index >= 15 is 0 Å². The molecule has 0 saturated heterocycles. The van der Waals surface area contributed by atoms with Gasteiger partial charge in [-0.2, -0.15) is 0 Å². The summed E-state index contributed by atoms with van der Waals surface area (Å²) in [5, 5.41) is 3.07. The van der Waals surface area contributed by atoms with Crippen molar-refractivity contribution in [2.45, 2.75) is 4.90 Å². The Morgan fingerprint density at radius 1 is 1.16 bits per heavy atom. The summed E-state index contributed by atoms with van der Waals surface area (Å²) in [6.07, 6.45) is 1.51. The molecule has 0 aliphatic carbocycles. The summed E-state index contributed by atoms with van der Waals surface area (Å²) in [6, 6.07) is 9.66.